The standard InChI is InChI=1S/C12H15N3O2/c1-8(12(16)17)13-7-11-14-9-5-3-4-6-10(9)15(11)2/h3-6,8,13H,7H2,1-2H3,(H,16,17). The zero-order valence-electron chi connectivity index (χ0n) is 9.84. The minimum Gasteiger partial charge on any atom is -0.480 e. The number of carboxylic acid groups (broad SMARTS) is 1. The normalized spacial score (nSPS) is 12.8. The molecule has 0 bridgehead atoms. The number of imidazole rings is 1. The maximum absolute atomic E-state index is 10.7. The Kier molecular flexibility index (Phi) is 3.10. The third kappa shape index (κ3) is 2.29. The summed E-state index contributed by atoms with van der Waals surface area (Å²) in [7, 11) is 1.93. The number of para-hydroxylation sites is 2. The second kappa shape index (κ2) is 4.55. The Labute approximate surface area is 99.1 Å². The number of carbonyl (C=O) groups is 1. The van der Waals surface area contributed by atoms with Crippen LogP contribution in [0.1, 0.15) is 12.7 Å². The van der Waals surface area contributed by atoms with Gasteiger partial charge < -0.3 is 9.67 Å². The molecule has 2 N–H and O–H groups in total. The lowest BCUT2D eigenvalue weighted by Crippen LogP contribution is -2.33. The Morgan fingerprint density at radius 1 is 1.53 bits per heavy atom. The molecule has 2 aromatic rings. The van der Waals surface area contributed by atoms with Crippen LogP contribution in [0.4, 0.5) is 0 Å². The van der Waals surface area contributed by atoms with Gasteiger partial charge in [0.05, 0.1) is 17.6 Å². The summed E-state index contributed by atoms with van der Waals surface area (Å²) >= 11 is 0. The average molecular weight is 233 g/mol. The van der Waals surface area contributed by atoms with E-state index in [1.807, 2.05) is 35.9 Å². The summed E-state index contributed by atoms with van der Waals surface area (Å²) in [6.45, 7) is 2.06. The molecule has 0 aliphatic rings. The Hall–Kier alpha value is -1.88. The Morgan fingerprint density at radius 3 is 2.88 bits per heavy atom. The van der Waals surface area contributed by atoms with Crippen molar-refractivity contribution in [1.29, 1.82) is 0 Å². The van der Waals surface area contributed by atoms with Crippen LogP contribution in [-0.2, 0) is 18.4 Å². The zero-order valence-corrected chi connectivity index (χ0v) is 9.84. The van der Waals surface area contributed by atoms with Crippen LogP contribution in [-0.4, -0.2) is 26.7 Å². The smallest absolute Gasteiger partial charge is 0.320 e. The Morgan fingerprint density at radius 2 is 2.24 bits per heavy atom. The van der Waals surface area contributed by atoms with E-state index >= 15 is 0 Å². The van der Waals surface area contributed by atoms with Crippen LogP contribution < -0.4 is 5.32 Å². The predicted molar refractivity (Wildman–Crippen MR) is 64.7 cm³/mol. The topological polar surface area (TPSA) is 67.2 Å². The first-order valence-corrected chi connectivity index (χ1v) is 5.46. The van der Waals surface area contributed by atoms with Crippen LogP contribution >= 0.6 is 0 Å². The maximum Gasteiger partial charge on any atom is 0.320 e. The lowest BCUT2D eigenvalue weighted by Gasteiger charge is -2.08. The van der Waals surface area contributed by atoms with E-state index in [2.05, 4.69) is 10.3 Å². The molecule has 5 heteroatoms. The number of aromatic nitrogens is 2. The molecule has 0 radical (unpaired) electrons. The Balaban J connectivity index is 2.19. The van der Waals surface area contributed by atoms with Gasteiger partial charge in [-0.3, -0.25) is 10.1 Å². The van der Waals surface area contributed by atoms with Crippen molar-refractivity contribution in [2.45, 2.75) is 19.5 Å². The van der Waals surface area contributed by atoms with E-state index in [1.165, 1.54) is 0 Å². The van der Waals surface area contributed by atoms with Crippen molar-refractivity contribution in [1.82, 2.24) is 14.9 Å². The molecular weight excluding hydrogens is 218 g/mol. The summed E-state index contributed by atoms with van der Waals surface area (Å²) in [4.78, 5) is 15.1. The van der Waals surface area contributed by atoms with Gasteiger partial charge >= 0.3 is 5.97 Å². The first-order valence-electron chi connectivity index (χ1n) is 5.46. The number of hydrogen-bond donors (Lipinski definition) is 2. The molecule has 17 heavy (non-hydrogen) atoms. The molecule has 2 rings (SSSR count). The number of hydrogen-bond acceptors (Lipinski definition) is 3. The summed E-state index contributed by atoms with van der Waals surface area (Å²) in [5.74, 6) is -0.0249. The Bertz CT molecular complexity index is 548. The summed E-state index contributed by atoms with van der Waals surface area (Å²) in [6, 6.07) is 7.26. The third-order valence-corrected chi connectivity index (χ3v) is 2.82. The fourth-order valence-corrected chi connectivity index (χ4v) is 1.69. The maximum atomic E-state index is 10.7. The van der Waals surface area contributed by atoms with Crippen molar-refractivity contribution in [2.75, 3.05) is 0 Å². The number of aryl methyl sites for hydroxylation is 1. The quantitative estimate of drug-likeness (QED) is 0.831. The fraction of sp³-hybridized carbons (Fsp3) is 0.333. The van der Waals surface area contributed by atoms with Gasteiger partial charge in [0, 0.05) is 7.05 Å². The summed E-state index contributed by atoms with van der Waals surface area (Å²) in [6.07, 6.45) is 0. The van der Waals surface area contributed by atoms with Crippen LogP contribution in [0.5, 0.6) is 0 Å². The molecule has 1 heterocycles. The van der Waals surface area contributed by atoms with Gasteiger partial charge in [-0.05, 0) is 19.1 Å². The molecule has 1 atom stereocenters. The number of aliphatic carboxylic acids is 1. The minimum atomic E-state index is -0.858. The predicted octanol–water partition coefficient (Wildman–Crippen LogP) is 1.14. The fourth-order valence-electron chi connectivity index (χ4n) is 1.69. The van der Waals surface area contributed by atoms with Crippen LogP contribution in [0.2, 0.25) is 0 Å². The number of nitrogens with zero attached hydrogens (tertiary/aromatic N) is 2. The molecule has 1 aromatic carbocycles. The number of rotatable bonds is 4. The van der Waals surface area contributed by atoms with E-state index in [9.17, 15) is 4.79 Å². The molecule has 0 amide bonds. The number of carboxylic acids is 1. The van der Waals surface area contributed by atoms with E-state index in [0.29, 0.717) is 6.54 Å². The minimum absolute atomic E-state index is 0.443. The van der Waals surface area contributed by atoms with E-state index < -0.39 is 12.0 Å². The van der Waals surface area contributed by atoms with E-state index in [1.54, 1.807) is 6.92 Å². The van der Waals surface area contributed by atoms with Gasteiger partial charge in [0.1, 0.15) is 11.9 Å². The molecule has 0 aliphatic carbocycles. The molecular formula is C12H15N3O2. The summed E-state index contributed by atoms with van der Waals surface area (Å²) in [5, 5.41) is 11.7. The molecule has 90 valence electrons. The molecule has 0 aliphatic heterocycles. The monoisotopic (exact) mass is 233 g/mol. The molecule has 0 saturated carbocycles. The van der Waals surface area contributed by atoms with E-state index in [-0.39, 0.29) is 0 Å². The number of nitrogens with one attached hydrogen (secondary N) is 1. The van der Waals surface area contributed by atoms with Crippen molar-refractivity contribution in [3.05, 3.63) is 30.1 Å². The molecule has 1 aromatic heterocycles. The van der Waals surface area contributed by atoms with Gasteiger partial charge in [-0.2, -0.15) is 0 Å². The highest BCUT2D eigenvalue weighted by Gasteiger charge is 2.12. The SMILES string of the molecule is CC(NCc1nc2ccccc2n1C)C(=O)O. The highest BCUT2D eigenvalue weighted by Crippen LogP contribution is 2.13. The molecule has 0 fully saturated rings. The number of fused-ring (bicyclic) bond motifs is 1. The van der Waals surface area contributed by atoms with Gasteiger partial charge in [-0.25, -0.2) is 4.98 Å². The third-order valence-electron chi connectivity index (χ3n) is 2.82. The highest BCUT2D eigenvalue weighted by atomic mass is 16.4. The second-order valence-electron chi connectivity index (χ2n) is 4.02. The first-order chi connectivity index (χ1) is 8.09. The molecule has 0 saturated heterocycles. The van der Waals surface area contributed by atoms with Gasteiger partial charge in [0.2, 0.25) is 0 Å². The zero-order chi connectivity index (χ0) is 12.4. The van der Waals surface area contributed by atoms with Gasteiger partial charge in [-0.15, -0.1) is 0 Å². The summed E-state index contributed by atoms with van der Waals surface area (Å²) < 4.78 is 1.97. The molecule has 1 unspecified atom stereocenters. The molecule has 0 spiro atoms. The number of benzene rings is 1. The average Bonchev–Trinajstić information content (AvgIpc) is 2.64. The van der Waals surface area contributed by atoms with Crippen molar-refractivity contribution in [2.24, 2.45) is 7.05 Å². The van der Waals surface area contributed by atoms with Gasteiger partial charge in [0.25, 0.3) is 0 Å². The van der Waals surface area contributed by atoms with Crippen molar-refractivity contribution in [3.8, 4) is 0 Å². The van der Waals surface area contributed by atoms with E-state index in [4.69, 9.17) is 5.11 Å². The lowest BCUT2D eigenvalue weighted by molar-refractivity contribution is -0.139. The van der Waals surface area contributed by atoms with Crippen LogP contribution in [0, 0.1) is 0 Å². The lowest BCUT2D eigenvalue weighted by atomic mass is 10.3. The van der Waals surface area contributed by atoms with Crippen molar-refractivity contribution in [3.63, 3.8) is 0 Å². The van der Waals surface area contributed by atoms with Crippen LogP contribution in [0.3, 0.4) is 0 Å². The summed E-state index contributed by atoms with van der Waals surface area (Å²) in [5.41, 5.74) is 1.97. The van der Waals surface area contributed by atoms with Crippen LogP contribution in [0.15, 0.2) is 24.3 Å². The van der Waals surface area contributed by atoms with E-state index in [0.717, 1.165) is 16.9 Å². The molecule has 5 nitrogen and oxygen atoms in total. The second-order valence-corrected chi connectivity index (χ2v) is 4.02. The van der Waals surface area contributed by atoms with Gasteiger partial charge in [-0.1, -0.05) is 12.1 Å². The highest BCUT2D eigenvalue weighted by molar-refractivity contribution is 5.76. The van der Waals surface area contributed by atoms with Crippen LogP contribution in [0.25, 0.3) is 11.0 Å². The van der Waals surface area contributed by atoms with Gasteiger partial charge in [0.15, 0.2) is 0 Å². The largest absolute Gasteiger partial charge is 0.480 e. The van der Waals surface area contributed by atoms with Crippen molar-refractivity contribution >= 4 is 17.0 Å². The first kappa shape index (κ1) is 11.6. The van der Waals surface area contributed by atoms with Crippen molar-refractivity contribution < 1.29 is 9.90 Å².